The molecule has 3 aromatic rings. The Labute approximate surface area is 149 Å². The van der Waals surface area contributed by atoms with E-state index in [-0.39, 0.29) is 5.56 Å². The molecule has 3 rings (SSSR count). The second-order valence-electron chi connectivity index (χ2n) is 6.29. The third-order valence-electron chi connectivity index (χ3n) is 4.32. The van der Waals surface area contributed by atoms with Gasteiger partial charge in [0.2, 0.25) is 0 Å². The Kier molecular flexibility index (Phi) is 4.72. The van der Waals surface area contributed by atoms with Gasteiger partial charge in [0.25, 0.3) is 5.56 Å². The van der Waals surface area contributed by atoms with E-state index < -0.39 is 12.0 Å². The minimum Gasteiger partial charge on any atom is -0.480 e. The number of hydrogen-bond donors (Lipinski definition) is 1. The second-order valence-corrected chi connectivity index (χ2v) is 7.52. The zero-order chi connectivity index (χ0) is 18.1. The molecule has 0 spiro atoms. The van der Waals surface area contributed by atoms with Crippen molar-refractivity contribution in [2.75, 3.05) is 0 Å². The fraction of sp³-hybridized carbons (Fsp3) is 0.316. The van der Waals surface area contributed by atoms with E-state index in [1.165, 1.54) is 15.9 Å². The highest BCUT2D eigenvalue weighted by atomic mass is 32.1. The van der Waals surface area contributed by atoms with Gasteiger partial charge in [0.05, 0.1) is 5.39 Å². The number of carboxylic acids is 1. The standard InChI is InChI=1S/C19H20N2O3S/c1-11-4-6-14(7-5-11)8-9-16(19(23)24)21-13(3)20-17-15(18(21)22)10-12(2)25-17/h4-7,10,16H,8-9H2,1-3H3,(H,23,24). The van der Waals surface area contributed by atoms with Crippen molar-refractivity contribution in [2.45, 2.75) is 39.7 Å². The highest BCUT2D eigenvalue weighted by Crippen LogP contribution is 2.23. The van der Waals surface area contributed by atoms with E-state index in [9.17, 15) is 14.7 Å². The molecule has 2 heterocycles. The van der Waals surface area contributed by atoms with Gasteiger partial charge in [-0.15, -0.1) is 11.3 Å². The SMILES string of the molecule is Cc1ccc(CCC(C(=O)O)n2c(C)nc3sc(C)cc3c2=O)cc1. The van der Waals surface area contributed by atoms with Gasteiger partial charge in [0.15, 0.2) is 0 Å². The Bertz CT molecular complexity index is 986. The molecule has 0 saturated carbocycles. The first-order valence-corrected chi connectivity index (χ1v) is 8.96. The van der Waals surface area contributed by atoms with Crippen LogP contribution in [0.1, 0.15) is 34.3 Å². The number of benzene rings is 1. The third kappa shape index (κ3) is 3.49. The largest absolute Gasteiger partial charge is 0.480 e. The van der Waals surface area contributed by atoms with Crippen molar-refractivity contribution in [1.82, 2.24) is 9.55 Å². The van der Waals surface area contributed by atoms with Gasteiger partial charge < -0.3 is 5.11 Å². The summed E-state index contributed by atoms with van der Waals surface area (Å²) in [4.78, 5) is 30.8. The van der Waals surface area contributed by atoms with E-state index in [1.54, 1.807) is 13.0 Å². The number of fused-ring (bicyclic) bond motifs is 1. The molecule has 1 N–H and O–H groups in total. The molecule has 5 nitrogen and oxygen atoms in total. The van der Waals surface area contributed by atoms with E-state index in [2.05, 4.69) is 4.98 Å². The highest BCUT2D eigenvalue weighted by molar-refractivity contribution is 7.18. The van der Waals surface area contributed by atoms with Crippen LogP contribution >= 0.6 is 11.3 Å². The average Bonchev–Trinajstić information content (AvgIpc) is 2.92. The molecular weight excluding hydrogens is 336 g/mol. The Morgan fingerprint density at radius 2 is 1.92 bits per heavy atom. The summed E-state index contributed by atoms with van der Waals surface area (Å²) in [5, 5.41) is 10.2. The van der Waals surface area contributed by atoms with E-state index in [1.807, 2.05) is 38.1 Å². The van der Waals surface area contributed by atoms with Gasteiger partial charge in [-0.25, -0.2) is 9.78 Å². The summed E-state index contributed by atoms with van der Waals surface area (Å²) in [5.41, 5.74) is 1.94. The van der Waals surface area contributed by atoms with Crippen molar-refractivity contribution in [1.29, 1.82) is 0 Å². The van der Waals surface area contributed by atoms with Crippen molar-refractivity contribution >= 4 is 27.5 Å². The number of hydrogen-bond acceptors (Lipinski definition) is 4. The summed E-state index contributed by atoms with van der Waals surface area (Å²) in [6.07, 6.45) is 0.930. The zero-order valence-corrected chi connectivity index (χ0v) is 15.3. The Hall–Kier alpha value is -2.47. The van der Waals surface area contributed by atoms with Crippen LogP contribution in [0.25, 0.3) is 10.2 Å². The predicted molar refractivity (Wildman–Crippen MR) is 99.5 cm³/mol. The third-order valence-corrected chi connectivity index (χ3v) is 5.27. The van der Waals surface area contributed by atoms with E-state index in [0.29, 0.717) is 28.9 Å². The molecule has 1 atom stereocenters. The Morgan fingerprint density at radius 3 is 2.56 bits per heavy atom. The molecule has 25 heavy (non-hydrogen) atoms. The van der Waals surface area contributed by atoms with E-state index in [4.69, 9.17) is 0 Å². The van der Waals surface area contributed by atoms with Gasteiger partial charge in [-0.3, -0.25) is 9.36 Å². The molecule has 1 unspecified atom stereocenters. The molecule has 0 amide bonds. The first-order valence-electron chi connectivity index (χ1n) is 8.14. The molecule has 0 fully saturated rings. The van der Waals surface area contributed by atoms with Gasteiger partial charge in [-0.1, -0.05) is 29.8 Å². The number of carboxylic acid groups (broad SMARTS) is 1. The maximum atomic E-state index is 12.8. The van der Waals surface area contributed by atoms with E-state index >= 15 is 0 Å². The number of thiophene rings is 1. The lowest BCUT2D eigenvalue weighted by atomic mass is 10.0. The van der Waals surface area contributed by atoms with Crippen molar-refractivity contribution in [3.63, 3.8) is 0 Å². The van der Waals surface area contributed by atoms with E-state index in [0.717, 1.165) is 16.0 Å². The molecule has 0 aliphatic rings. The first-order chi connectivity index (χ1) is 11.9. The summed E-state index contributed by atoms with van der Waals surface area (Å²) >= 11 is 1.45. The molecule has 6 heteroatoms. The van der Waals surface area contributed by atoms with Gasteiger partial charge in [0, 0.05) is 4.88 Å². The predicted octanol–water partition coefficient (Wildman–Crippen LogP) is 3.64. The minimum absolute atomic E-state index is 0.275. The van der Waals surface area contributed by atoms with Crippen LogP contribution in [0.15, 0.2) is 35.1 Å². The summed E-state index contributed by atoms with van der Waals surface area (Å²) in [5.74, 6) is -0.568. The van der Waals surface area contributed by atoms with Crippen LogP contribution in [0.3, 0.4) is 0 Å². The smallest absolute Gasteiger partial charge is 0.326 e. The van der Waals surface area contributed by atoms with Crippen LogP contribution in [0, 0.1) is 20.8 Å². The molecule has 130 valence electrons. The van der Waals surface area contributed by atoms with Crippen LogP contribution < -0.4 is 5.56 Å². The fourth-order valence-corrected chi connectivity index (χ4v) is 3.92. The number of carbonyl (C=O) groups is 1. The molecule has 0 aliphatic carbocycles. The summed E-state index contributed by atoms with van der Waals surface area (Å²) < 4.78 is 1.32. The maximum absolute atomic E-state index is 12.8. The molecular formula is C19H20N2O3S. The van der Waals surface area contributed by atoms with Crippen LogP contribution in [0.4, 0.5) is 0 Å². The summed E-state index contributed by atoms with van der Waals surface area (Å²) in [6.45, 7) is 5.62. The Morgan fingerprint density at radius 1 is 1.24 bits per heavy atom. The lowest BCUT2D eigenvalue weighted by Crippen LogP contribution is -2.32. The number of nitrogens with zero attached hydrogens (tertiary/aromatic N) is 2. The van der Waals surface area contributed by atoms with Crippen LogP contribution in [0.2, 0.25) is 0 Å². The van der Waals surface area contributed by atoms with Crippen molar-refractivity contribution in [2.24, 2.45) is 0 Å². The maximum Gasteiger partial charge on any atom is 0.326 e. The van der Waals surface area contributed by atoms with Gasteiger partial charge in [-0.05, 0) is 45.2 Å². The van der Waals surface area contributed by atoms with Crippen molar-refractivity contribution in [3.05, 3.63) is 62.5 Å². The zero-order valence-electron chi connectivity index (χ0n) is 14.4. The van der Waals surface area contributed by atoms with Gasteiger partial charge in [-0.2, -0.15) is 0 Å². The fourth-order valence-electron chi connectivity index (χ4n) is 3.00. The topological polar surface area (TPSA) is 72.2 Å². The molecule has 1 aromatic carbocycles. The van der Waals surface area contributed by atoms with Crippen LogP contribution in [0.5, 0.6) is 0 Å². The number of aliphatic carboxylic acids is 1. The number of rotatable bonds is 5. The molecule has 0 radical (unpaired) electrons. The molecule has 0 saturated heterocycles. The summed E-state index contributed by atoms with van der Waals surface area (Å²) in [7, 11) is 0. The highest BCUT2D eigenvalue weighted by Gasteiger charge is 2.24. The Balaban J connectivity index is 1.97. The van der Waals surface area contributed by atoms with Gasteiger partial charge >= 0.3 is 5.97 Å². The lowest BCUT2D eigenvalue weighted by Gasteiger charge is -2.18. The monoisotopic (exact) mass is 356 g/mol. The number of aryl methyl sites for hydroxylation is 4. The van der Waals surface area contributed by atoms with Crippen molar-refractivity contribution < 1.29 is 9.90 Å². The molecule has 0 aliphatic heterocycles. The lowest BCUT2D eigenvalue weighted by molar-refractivity contribution is -0.141. The minimum atomic E-state index is -1.01. The quantitative estimate of drug-likeness (QED) is 0.757. The van der Waals surface area contributed by atoms with Gasteiger partial charge in [0.1, 0.15) is 16.7 Å². The first kappa shape index (κ1) is 17.4. The molecule has 0 bridgehead atoms. The number of aromatic nitrogens is 2. The second kappa shape index (κ2) is 6.80. The average molecular weight is 356 g/mol. The molecule has 2 aromatic heterocycles. The van der Waals surface area contributed by atoms with Crippen molar-refractivity contribution in [3.8, 4) is 0 Å². The van der Waals surface area contributed by atoms with Crippen LogP contribution in [-0.2, 0) is 11.2 Å². The normalized spacial score (nSPS) is 12.4. The van der Waals surface area contributed by atoms with Crippen LogP contribution in [-0.4, -0.2) is 20.6 Å². The summed E-state index contributed by atoms with van der Waals surface area (Å²) in [6, 6.07) is 8.85.